The van der Waals surface area contributed by atoms with Crippen LogP contribution in [0.2, 0.25) is 5.02 Å². The van der Waals surface area contributed by atoms with Crippen LogP contribution in [0, 0.1) is 11.7 Å². The summed E-state index contributed by atoms with van der Waals surface area (Å²) in [6.07, 6.45) is 7.29. The standard InChI is InChI=1S/C23H31ClFN5O4S/c24-19-15-28-23(29-16-19)30-9-6-17(7-10-30)3-1-11-34-20-5-4-18(21(25)14-20)13-22(31)27-8-2-12-35(26,32)33/h4-5,14-17H,1-3,6-13H2,(H,27,31)(H2,26,32,33). The van der Waals surface area contributed by atoms with Gasteiger partial charge in [-0.05, 0) is 49.7 Å². The van der Waals surface area contributed by atoms with Gasteiger partial charge >= 0.3 is 0 Å². The molecule has 0 spiro atoms. The van der Waals surface area contributed by atoms with E-state index in [2.05, 4.69) is 20.2 Å². The number of sulfonamides is 1. The van der Waals surface area contributed by atoms with Gasteiger partial charge in [-0.25, -0.2) is 27.9 Å². The van der Waals surface area contributed by atoms with Crippen LogP contribution in [0.25, 0.3) is 0 Å². The van der Waals surface area contributed by atoms with E-state index in [0.717, 1.165) is 38.8 Å². The fraction of sp³-hybridized carbons (Fsp3) is 0.522. The third kappa shape index (κ3) is 9.58. The van der Waals surface area contributed by atoms with Crippen molar-refractivity contribution in [2.45, 2.75) is 38.5 Å². The predicted molar refractivity (Wildman–Crippen MR) is 132 cm³/mol. The largest absolute Gasteiger partial charge is 0.493 e. The molecule has 192 valence electrons. The molecule has 0 saturated carbocycles. The van der Waals surface area contributed by atoms with Crippen LogP contribution in [-0.2, 0) is 21.2 Å². The Morgan fingerprint density at radius 3 is 2.60 bits per heavy atom. The number of hydrogen-bond donors (Lipinski definition) is 2. The van der Waals surface area contributed by atoms with Crippen LogP contribution in [-0.4, -0.2) is 56.3 Å². The van der Waals surface area contributed by atoms with E-state index < -0.39 is 15.8 Å². The van der Waals surface area contributed by atoms with Gasteiger partial charge < -0.3 is 15.0 Å². The molecule has 3 N–H and O–H groups in total. The van der Waals surface area contributed by atoms with Gasteiger partial charge in [-0.3, -0.25) is 4.79 Å². The Labute approximate surface area is 210 Å². The van der Waals surface area contributed by atoms with E-state index in [1.54, 1.807) is 18.5 Å². The lowest BCUT2D eigenvalue weighted by molar-refractivity contribution is -0.120. The molecule has 1 aromatic carbocycles. The van der Waals surface area contributed by atoms with Gasteiger partial charge in [0, 0.05) is 25.7 Å². The van der Waals surface area contributed by atoms with Crippen LogP contribution in [0.3, 0.4) is 0 Å². The Hall–Kier alpha value is -2.50. The number of aromatic nitrogens is 2. The van der Waals surface area contributed by atoms with Gasteiger partial charge in [0.1, 0.15) is 11.6 Å². The summed E-state index contributed by atoms with van der Waals surface area (Å²) in [5.41, 5.74) is 0.248. The second-order valence-corrected chi connectivity index (χ2v) is 10.8. The highest BCUT2D eigenvalue weighted by Crippen LogP contribution is 2.25. The first-order valence-electron chi connectivity index (χ1n) is 11.6. The van der Waals surface area contributed by atoms with Crippen molar-refractivity contribution < 1.29 is 22.3 Å². The zero-order valence-electron chi connectivity index (χ0n) is 19.5. The molecular weight excluding hydrogens is 497 g/mol. The van der Waals surface area contributed by atoms with Crippen molar-refractivity contribution in [2.75, 3.05) is 36.9 Å². The molecule has 1 saturated heterocycles. The lowest BCUT2D eigenvalue weighted by Crippen LogP contribution is -2.34. The molecule has 1 aliphatic rings. The smallest absolute Gasteiger partial charge is 0.225 e. The average molecular weight is 528 g/mol. The normalized spacial score (nSPS) is 14.7. The first kappa shape index (κ1) is 27.1. The van der Waals surface area contributed by atoms with E-state index in [4.69, 9.17) is 21.5 Å². The van der Waals surface area contributed by atoms with Gasteiger partial charge in [-0.2, -0.15) is 0 Å². The minimum absolute atomic E-state index is 0.138. The number of carbonyl (C=O) groups excluding carboxylic acids is 1. The van der Waals surface area contributed by atoms with Crippen molar-refractivity contribution >= 4 is 33.5 Å². The zero-order valence-corrected chi connectivity index (χ0v) is 21.0. The number of halogens is 2. The number of benzene rings is 1. The molecule has 0 radical (unpaired) electrons. The topological polar surface area (TPSA) is 128 Å². The van der Waals surface area contributed by atoms with Gasteiger partial charge in [0.15, 0.2) is 0 Å². The van der Waals surface area contributed by atoms with Crippen LogP contribution in [0.5, 0.6) is 5.75 Å². The van der Waals surface area contributed by atoms with Crippen molar-refractivity contribution in [1.82, 2.24) is 15.3 Å². The molecule has 35 heavy (non-hydrogen) atoms. The Kier molecular flexibility index (Phi) is 10.1. The Balaban J connectivity index is 1.32. The first-order chi connectivity index (χ1) is 16.7. The van der Waals surface area contributed by atoms with Gasteiger partial charge in [0.25, 0.3) is 0 Å². The predicted octanol–water partition coefficient (Wildman–Crippen LogP) is 2.68. The van der Waals surface area contributed by atoms with Gasteiger partial charge in [-0.15, -0.1) is 0 Å². The maximum atomic E-state index is 14.4. The van der Waals surface area contributed by atoms with Crippen molar-refractivity contribution in [3.8, 4) is 5.75 Å². The van der Waals surface area contributed by atoms with Crippen LogP contribution in [0.1, 0.15) is 37.7 Å². The van der Waals surface area contributed by atoms with E-state index in [1.165, 1.54) is 12.1 Å². The van der Waals surface area contributed by atoms with Crippen LogP contribution in [0.15, 0.2) is 30.6 Å². The SMILES string of the molecule is NS(=O)(=O)CCCNC(=O)Cc1ccc(OCCCC2CCN(c3ncc(Cl)cn3)CC2)cc1F. The second kappa shape index (κ2) is 13.0. The molecule has 1 aliphatic heterocycles. The van der Waals surface area contributed by atoms with E-state index in [-0.39, 0.29) is 36.6 Å². The number of primary sulfonamides is 1. The van der Waals surface area contributed by atoms with Gasteiger partial charge in [0.05, 0.1) is 36.2 Å². The molecule has 9 nitrogen and oxygen atoms in total. The minimum Gasteiger partial charge on any atom is -0.493 e. The maximum Gasteiger partial charge on any atom is 0.225 e. The highest BCUT2D eigenvalue weighted by molar-refractivity contribution is 7.89. The summed E-state index contributed by atoms with van der Waals surface area (Å²) in [5, 5.41) is 8.00. The number of carbonyl (C=O) groups is 1. The molecule has 1 amide bonds. The van der Waals surface area contributed by atoms with Gasteiger partial charge in [0.2, 0.25) is 21.9 Å². The number of ether oxygens (including phenoxy) is 1. The highest BCUT2D eigenvalue weighted by Gasteiger charge is 2.20. The number of piperidine rings is 1. The van der Waals surface area contributed by atoms with Crippen LogP contribution in [0.4, 0.5) is 10.3 Å². The molecule has 0 bridgehead atoms. The highest BCUT2D eigenvalue weighted by atomic mass is 35.5. The molecule has 0 atom stereocenters. The summed E-state index contributed by atoms with van der Waals surface area (Å²) >= 11 is 5.85. The quantitative estimate of drug-likeness (QED) is 0.406. The average Bonchev–Trinajstić information content (AvgIpc) is 2.82. The third-order valence-corrected chi connectivity index (χ3v) is 6.89. The summed E-state index contributed by atoms with van der Waals surface area (Å²) in [7, 11) is -3.56. The van der Waals surface area contributed by atoms with Gasteiger partial charge in [-0.1, -0.05) is 17.7 Å². The minimum atomic E-state index is -3.56. The number of nitrogens with zero attached hydrogens (tertiary/aromatic N) is 3. The Morgan fingerprint density at radius 1 is 1.23 bits per heavy atom. The first-order valence-corrected chi connectivity index (χ1v) is 13.7. The number of hydrogen-bond acceptors (Lipinski definition) is 7. The number of rotatable bonds is 12. The van der Waals surface area contributed by atoms with E-state index in [9.17, 15) is 17.6 Å². The number of amides is 1. The van der Waals surface area contributed by atoms with E-state index in [0.29, 0.717) is 29.2 Å². The molecule has 2 aromatic rings. The summed E-state index contributed by atoms with van der Waals surface area (Å²) < 4.78 is 41.8. The molecule has 0 aliphatic carbocycles. The summed E-state index contributed by atoms with van der Waals surface area (Å²) in [4.78, 5) is 22.7. The molecule has 3 rings (SSSR count). The summed E-state index contributed by atoms with van der Waals surface area (Å²) in [6.45, 7) is 2.45. The third-order valence-electron chi connectivity index (χ3n) is 5.83. The van der Waals surface area contributed by atoms with E-state index in [1.807, 2.05) is 0 Å². The van der Waals surface area contributed by atoms with Crippen molar-refractivity contribution in [1.29, 1.82) is 0 Å². The molecular formula is C23H31ClFN5O4S. The molecule has 12 heteroatoms. The van der Waals surface area contributed by atoms with Crippen molar-refractivity contribution in [3.05, 3.63) is 47.0 Å². The maximum absolute atomic E-state index is 14.4. The Bertz CT molecular complexity index is 1080. The number of nitrogens with two attached hydrogens (primary N) is 1. The monoisotopic (exact) mass is 527 g/mol. The molecule has 2 heterocycles. The lowest BCUT2D eigenvalue weighted by atomic mass is 9.92. The Morgan fingerprint density at radius 2 is 1.94 bits per heavy atom. The fourth-order valence-electron chi connectivity index (χ4n) is 3.95. The molecule has 1 fully saturated rings. The van der Waals surface area contributed by atoms with Crippen molar-refractivity contribution in [2.24, 2.45) is 11.1 Å². The van der Waals surface area contributed by atoms with E-state index >= 15 is 0 Å². The summed E-state index contributed by atoms with van der Waals surface area (Å²) in [5.74, 6) is 0.616. The number of anilines is 1. The molecule has 0 unspecified atom stereocenters. The second-order valence-electron chi connectivity index (χ2n) is 8.62. The number of nitrogens with one attached hydrogen (secondary N) is 1. The lowest BCUT2D eigenvalue weighted by Gasteiger charge is -2.31. The van der Waals surface area contributed by atoms with Crippen LogP contribution >= 0.6 is 11.6 Å². The van der Waals surface area contributed by atoms with Crippen LogP contribution < -0.4 is 20.1 Å². The zero-order chi connectivity index (χ0) is 25.3. The molecule has 1 aromatic heterocycles. The summed E-state index contributed by atoms with van der Waals surface area (Å²) in [6, 6.07) is 4.47. The fourth-order valence-corrected chi connectivity index (χ4v) is 4.59. The van der Waals surface area contributed by atoms with Crippen molar-refractivity contribution in [3.63, 3.8) is 0 Å².